The SMILES string of the molecule is Cc1nc(C)n(-c2nccc(-c3ncc(C)c(-n4c(C)cc([C@H]5C[C@@H]5c5ccc(F)cc5)c(Cl)c4=O)c3F)c2F)n1. The Balaban J connectivity index is 1.44. The van der Waals surface area contributed by atoms with E-state index in [1.807, 2.05) is 0 Å². The molecule has 4 heterocycles. The maximum atomic E-state index is 16.3. The fourth-order valence-corrected chi connectivity index (χ4v) is 5.69. The number of hydrogen-bond acceptors (Lipinski definition) is 5. The van der Waals surface area contributed by atoms with Crippen LogP contribution in [0, 0.1) is 45.1 Å². The molecule has 0 unspecified atom stereocenters. The van der Waals surface area contributed by atoms with E-state index in [9.17, 15) is 9.18 Å². The zero-order chi connectivity index (χ0) is 29.2. The van der Waals surface area contributed by atoms with Crippen LogP contribution in [0.3, 0.4) is 0 Å². The monoisotopic (exact) mass is 576 g/mol. The quantitative estimate of drug-likeness (QED) is 0.240. The molecule has 0 bridgehead atoms. The average molecular weight is 577 g/mol. The van der Waals surface area contributed by atoms with E-state index in [2.05, 4.69) is 20.1 Å². The Kier molecular flexibility index (Phi) is 6.53. The summed E-state index contributed by atoms with van der Waals surface area (Å²) in [5.74, 6) is -1.24. The highest BCUT2D eigenvalue weighted by Gasteiger charge is 2.41. The summed E-state index contributed by atoms with van der Waals surface area (Å²) in [6, 6.07) is 9.37. The first-order valence-electron chi connectivity index (χ1n) is 12.9. The molecule has 4 aromatic heterocycles. The molecule has 0 aliphatic heterocycles. The van der Waals surface area contributed by atoms with Gasteiger partial charge >= 0.3 is 0 Å². The molecule has 1 aliphatic carbocycles. The number of benzene rings is 1. The van der Waals surface area contributed by atoms with Gasteiger partial charge in [0.1, 0.15) is 28.2 Å². The van der Waals surface area contributed by atoms with E-state index >= 15 is 8.78 Å². The number of hydrogen-bond donors (Lipinski definition) is 0. The van der Waals surface area contributed by atoms with Crippen molar-refractivity contribution >= 4 is 11.6 Å². The molecular formula is C30H24ClF3N6O. The summed E-state index contributed by atoms with van der Waals surface area (Å²) in [6.07, 6.45) is 3.48. The van der Waals surface area contributed by atoms with Crippen LogP contribution in [0.25, 0.3) is 22.8 Å². The van der Waals surface area contributed by atoms with Crippen molar-refractivity contribution in [2.75, 3.05) is 0 Å². The van der Waals surface area contributed by atoms with Crippen molar-refractivity contribution in [2.45, 2.75) is 46.0 Å². The maximum absolute atomic E-state index is 16.3. The van der Waals surface area contributed by atoms with Crippen LogP contribution < -0.4 is 5.56 Å². The zero-order valence-corrected chi connectivity index (χ0v) is 23.3. The van der Waals surface area contributed by atoms with E-state index in [1.54, 1.807) is 45.9 Å². The fourth-order valence-electron chi connectivity index (χ4n) is 5.41. The van der Waals surface area contributed by atoms with Crippen molar-refractivity contribution in [3.63, 3.8) is 0 Å². The molecule has 0 N–H and O–H groups in total. The van der Waals surface area contributed by atoms with E-state index in [1.165, 1.54) is 39.8 Å². The molecule has 41 heavy (non-hydrogen) atoms. The Morgan fingerprint density at radius 3 is 2.37 bits per heavy atom. The first-order valence-corrected chi connectivity index (χ1v) is 13.3. The topological polar surface area (TPSA) is 78.5 Å². The molecule has 2 atom stereocenters. The number of aryl methyl sites for hydroxylation is 4. The molecule has 1 saturated carbocycles. The molecule has 1 aliphatic rings. The Morgan fingerprint density at radius 2 is 1.68 bits per heavy atom. The van der Waals surface area contributed by atoms with Gasteiger partial charge in [-0.3, -0.25) is 14.3 Å². The third kappa shape index (κ3) is 4.52. The van der Waals surface area contributed by atoms with Crippen molar-refractivity contribution in [3.05, 3.63) is 116 Å². The number of rotatable bonds is 5. The largest absolute Gasteiger partial charge is 0.277 e. The van der Waals surface area contributed by atoms with Crippen LogP contribution in [0.15, 0.2) is 53.6 Å². The predicted molar refractivity (Wildman–Crippen MR) is 148 cm³/mol. The highest BCUT2D eigenvalue weighted by molar-refractivity contribution is 6.31. The summed E-state index contributed by atoms with van der Waals surface area (Å²) in [7, 11) is 0. The standard InChI is InChI=1S/C30H24ClF3N6O/c1-14-13-36-27(20-9-10-35-29(25(20)33)40-17(4)37-16(3)38-40)26(34)28(14)39-15(2)11-23(24(31)30(39)41)22-12-21(22)18-5-7-19(32)8-6-18/h5-11,13,21-22H,12H2,1-4H3/t21-,22+/m1/s1. The third-order valence-corrected chi connectivity index (χ3v) is 7.83. The molecule has 6 rings (SSSR count). The maximum Gasteiger partial charge on any atom is 0.274 e. The van der Waals surface area contributed by atoms with Crippen LogP contribution in [0.1, 0.15) is 52.3 Å². The Hall–Kier alpha value is -4.31. The summed E-state index contributed by atoms with van der Waals surface area (Å²) < 4.78 is 47.8. The van der Waals surface area contributed by atoms with Gasteiger partial charge in [-0.25, -0.2) is 23.1 Å². The van der Waals surface area contributed by atoms with Crippen molar-refractivity contribution in [1.82, 2.24) is 29.3 Å². The highest BCUT2D eigenvalue weighted by Crippen LogP contribution is 2.55. The molecular weight excluding hydrogens is 553 g/mol. The fraction of sp³-hybridized carbons (Fsp3) is 0.233. The van der Waals surface area contributed by atoms with Crippen molar-refractivity contribution < 1.29 is 13.2 Å². The molecule has 5 aromatic rings. The molecule has 0 spiro atoms. The van der Waals surface area contributed by atoms with Crippen LogP contribution in [-0.4, -0.2) is 29.3 Å². The second-order valence-corrected chi connectivity index (χ2v) is 10.6. The van der Waals surface area contributed by atoms with Gasteiger partial charge < -0.3 is 0 Å². The lowest BCUT2D eigenvalue weighted by Crippen LogP contribution is -2.24. The minimum absolute atomic E-state index is 0.0128. The summed E-state index contributed by atoms with van der Waals surface area (Å²) in [5, 5.41) is 4.16. The third-order valence-electron chi connectivity index (χ3n) is 7.45. The van der Waals surface area contributed by atoms with Gasteiger partial charge in [0.2, 0.25) is 0 Å². The van der Waals surface area contributed by atoms with Crippen LogP contribution in [0.5, 0.6) is 0 Å². The minimum Gasteiger partial charge on any atom is -0.277 e. The average Bonchev–Trinajstić information content (AvgIpc) is 3.65. The van der Waals surface area contributed by atoms with E-state index < -0.39 is 17.2 Å². The second kappa shape index (κ2) is 9.95. The van der Waals surface area contributed by atoms with Gasteiger partial charge in [0.25, 0.3) is 5.56 Å². The first-order chi connectivity index (χ1) is 19.6. The van der Waals surface area contributed by atoms with Crippen LogP contribution in [0.4, 0.5) is 13.2 Å². The van der Waals surface area contributed by atoms with Crippen LogP contribution >= 0.6 is 11.6 Å². The smallest absolute Gasteiger partial charge is 0.274 e. The minimum atomic E-state index is -0.878. The molecule has 0 saturated heterocycles. The lowest BCUT2D eigenvalue weighted by molar-refractivity contribution is 0.588. The number of pyridine rings is 3. The summed E-state index contributed by atoms with van der Waals surface area (Å²) in [5.41, 5.74) is 1.37. The van der Waals surface area contributed by atoms with E-state index in [0.29, 0.717) is 28.5 Å². The first kappa shape index (κ1) is 26.9. The second-order valence-electron chi connectivity index (χ2n) is 10.3. The normalized spacial score (nSPS) is 16.3. The summed E-state index contributed by atoms with van der Waals surface area (Å²) in [4.78, 5) is 26.1. The Bertz CT molecular complexity index is 1900. The van der Waals surface area contributed by atoms with Crippen molar-refractivity contribution in [1.29, 1.82) is 0 Å². The van der Waals surface area contributed by atoms with Gasteiger partial charge in [0.15, 0.2) is 17.5 Å². The van der Waals surface area contributed by atoms with Gasteiger partial charge in [-0.05, 0) is 86.9 Å². The predicted octanol–water partition coefficient (Wildman–Crippen LogP) is 6.45. The van der Waals surface area contributed by atoms with Gasteiger partial charge in [-0.1, -0.05) is 23.7 Å². The molecule has 1 aromatic carbocycles. The number of nitrogens with zero attached hydrogens (tertiary/aromatic N) is 6. The van der Waals surface area contributed by atoms with Gasteiger partial charge in [-0.2, -0.15) is 4.68 Å². The molecule has 208 valence electrons. The van der Waals surface area contributed by atoms with Crippen LogP contribution in [-0.2, 0) is 0 Å². The molecule has 1 fully saturated rings. The van der Waals surface area contributed by atoms with Crippen LogP contribution in [0.2, 0.25) is 5.02 Å². The molecule has 0 radical (unpaired) electrons. The summed E-state index contributed by atoms with van der Waals surface area (Å²) in [6.45, 7) is 6.63. The Morgan fingerprint density at radius 1 is 0.951 bits per heavy atom. The van der Waals surface area contributed by atoms with Gasteiger partial charge in [-0.15, -0.1) is 5.10 Å². The summed E-state index contributed by atoms with van der Waals surface area (Å²) >= 11 is 6.61. The molecule has 11 heteroatoms. The molecule has 0 amide bonds. The number of halogens is 4. The van der Waals surface area contributed by atoms with Gasteiger partial charge in [0.05, 0.1) is 5.69 Å². The molecule has 7 nitrogen and oxygen atoms in total. The van der Waals surface area contributed by atoms with Crippen molar-refractivity contribution in [3.8, 4) is 22.8 Å². The van der Waals surface area contributed by atoms with E-state index in [4.69, 9.17) is 11.6 Å². The number of aromatic nitrogens is 6. The lowest BCUT2D eigenvalue weighted by Gasteiger charge is -2.18. The zero-order valence-electron chi connectivity index (χ0n) is 22.6. The lowest BCUT2D eigenvalue weighted by atomic mass is 10.0. The van der Waals surface area contributed by atoms with Crippen molar-refractivity contribution in [2.24, 2.45) is 0 Å². The van der Waals surface area contributed by atoms with E-state index in [0.717, 1.165) is 12.0 Å². The Labute approximate surface area is 238 Å². The highest BCUT2D eigenvalue weighted by atomic mass is 35.5. The van der Waals surface area contributed by atoms with Gasteiger partial charge in [0, 0.05) is 23.7 Å². The van der Waals surface area contributed by atoms with E-state index in [-0.39, 0.29) is 45.4 Å².